The zero-order valence-electron chi connectivity index (χ0n) is 7.99. The minimum Gasteiger partial charge on any atom is -0.480 e. The number of hydrogen-bond acceptors (Lipinski definition) is 4. The lowest BCUT2D eigenvalue weighted by atomic mass is 10.2. The highest BCUT2D eigenvalue weighted by atomic mass is 35.5. The van der Waals surface area contributed by atoms with Crippen LogP contribution in [0.1, 0.15) is 16.6 Å². The quantitative estimate of drug-likeness (QED) is 0.777. The van der Waals surface area contributed by atoms with Crippen LogP contribution in [0.2, 0.25) is 4.34 Å². The second-order valence-electron chi connectivity index (χ2n) is 2.96. The highest BCUT2D eigenvalue weighted by Gasteiger charge is 2.17. The molecule has 0 amide bonds. The van der Waals surface area contributed by atoms with Gasteiger partial charge < -0.3 is 5.11 Å². The number of halogens is 1. The van der Waals surface area contributed by atoms with E-state index in [9.17, 15) is 9.59 Å². The number of Topliss-reactive ketones (excluding diaryl/α,β-unsaturated/α-hetero) is 1. The maximum Gasteiger partial charge on any atom is 0.317 e. The summed E-state index contributed by atoms with van der Waals surface area (Å²) in [4.78, 5) is 22.5. The Labute approximate surface area is 95.9 Å². The Kier molecular flexibility index (Phi) is 4.26. The van der Waals surface area contributed by atoms with Gasteiger partial charge in [0, 0.05) is 0 Å². The lowest BCUT2D eigenvalue weighted by Crippen LogP contribution is -2.37. The molecule has 2 N–H and O–H groups in total. The lowest BCUT2D eigenvalue weighted by molar-refractivity contribution is -0.136. The van der Waals surface area contributed by atoms with Crippen LogP contribution in [-0.4, -0.2) is 29.4 Å². The van der Waals surface area contributed by atoms with Crippen molar-refractivity contribution in [1.82, 2.24) is 5.32 Å². The fourth-order valence-corrected chi connectivity index (χ4v) is 2.07. The fraction of sp³-hybridized carbons (Fsp3) is 0.333. The second-order valence-corrected chi connectivity index (χ2v) is 4.68. The molecule has 1 heterocycles. The number of carbonyl (C=O) groups is 2. The van der Waals surface area contributed by atoms with Crippen molar-refractivity contribution in [2.45, 2.75) is 13.0 Å². The van der Waals surface area contributed by atoms with Crippen molar-refractivity contribution in [2.24, 2.45) is 0 Å². The molecule has 1 rings (SSSR count). The lowest BCUT2D eigenvalue weighted by Gasteiger charge is -2.08. The van der Waals surface area contributed by atoms with E-state index in [0.717, 1.165) is 0 Å². The fourth-order valence-electron chi connectivity index (χ4n) is 0.993. The summed E-state index contributed by atoms with van der Waals surface area (Å²) in [5.41, 5.74) is 0. The maximum atomic E-state index is 11.7. The molecule has 1 atom stereocenters. The Hall–Kier alpha value is -0.910. The number of nitrogens with one attached hydrogen (secondary N) is 1. The van der Waals surface area contributed by atoms with Crippen LogP contribution in [0.5, 0.6) is 0 Å². The number of hydrogen-bond donors (Lipinski definition) is 2. The Morgan fingerprint density at radius 2 is 2.27 bits per heavy atom. The number of aliphatic carboxylic acids is 1. The molecule has 0 spiro atoms. The summed E-state index contributed by atoms with van der Waals surface area (Å²) in [6.45, 7) is 1.39. The first-order chi connectivity index (χ1) is 7.00. The highest BCUT2D eigenvalue weighted by molar-refractivity contribution is 7.18. The number of carboxylic acid groups (broad SMARTS) is 1. The Bertz CT molecular complexity index is 377. The standard InChI is InChI=1S/C9H10ClNO3S/c1-5(11-4-8(12)13)9(14)6-2-3-7(10)15-6/h2-3,5,11H,4H2,1H3,(H,12,13). The van der Waals surface area contributed by atoms with Gasteiger partial charge in [0.25, 0.3) is 0 Å². The molecule has 0 aliphatic rings. The molecule has 0 saturated carbocycles. The number of thiophene rings is 1. The summed E-state index contributed by atoms with van der Waals surface area (Å²) in [5, 5.41) is 11.0. The van der Waals surface area contributed by atoms with Crippen molar-refractivity contribution in [3.05, 3.63) is 21.3 Å². The first-order valence-corrected chi connectivity index (χ1v) is 5.45. The van der Waals surface area contributed by atoms with E-state index in [2.05, 4.69) is 5.32 Å². The van der Waals surface area contributed by atoms with E-state index in [-0.39, 0.29) is 12.3 Å². The zero-order chi connectivity index (χ0) is 11.4. The topological polar surface area (TPSA) is 66.4 Å². The maximum absolute atomic E-state index is 11.7. The number of carboxylic acids is 1. The van der Waals surface area contributed by atoms with Gasteiger partial charge in [0.2, 0.25) is 0 Å². The van der Waals surface area contributed by atoms with Crippen molar-refractivity contribution in [2.75, 3.05) is 6.54 Å². The summed E-state index contributed by atoms with van der Waals surface area (Å²) >= 11 is 6.88. The molecule has 0 bridgehead atoms. The van der Waals surface area contributed by atoms with Gasteiger partial charge in [-0.15, -0.1) is 11.3 Å². The molecule has 1 unspecified atom stereocenters. The number of carbonyl (C=O) groups excluding carboxylic acids is 1. The first-order valence-electron chi connectivity index (χ1n) is 4.25. The first kappa shape index (κ1) is 12.2. The molecule has 0 aliphatic carbocycles. The zero-order valence-corrected chi connectivity index (χ0v) is 9.56. The molecular weight excluding hydrogens is 238 g/mol. The van der Waals surface area contributed by atoms with Crippen LogP contribution in [0.4, 0.5) is 0 Å². The van der Waals surface area contributed by atoms with Crippen molar-refractivity contribution < 1.29 is 14.7 Å². The molecule has 0 fully saturated rings. The third-order valence-corrected chi connectivity index (χ3v) is 3.01. The molecule has 1 aromatic rings. The average Bonchev–Trinajstić information content (AvgIpc) is 2.60. The van der Waals surface area contributed by atoms with Gasteiger partial charge in [-0.3, -0.25) is 14.9 Å². The summed E-state index contributed by atoms with van der Waals surface area (Å²) in [6, 6.07) is 2.76. The van der Waals surface area contributed by atoms with E-state index in [1.165, 1.54) is 11.3 Å². The van der Waals surface area contributed by atoms with Crippen LogP contribution in [0.3, 0.4) is 0 Å². The SMILES string of the molecule is CC(NCC(=O)O)C(=O)c1ccc(Cl)s1. The van der Waals surface area contributed by atoms with E-state index in [4.69, 9.17) is 16.7 Å². The van der Waals surface area contributed by atoms with Crippen LogP contribution in [0, 0.1) is 0 Å². The minimum atomic E-state index is -0.987. The van der Waals surface area contributed by atoms with E-state index < -0.39 is 12.0 Å². The van der Waals surface area contributed by atoms with E-state index in [0.29, 0.717) is 9.21 Å². The Morgan fingerprint density at radius 3 is 2.73 bits per heavy atom. The predicted octanol–water partition coefficient (Wildman–Crippen LogP) is 1.65. The van der Waals surface area contributed by atoms with Crippen LogP contribution in [-0.2, 0) is 4.79 Å². The van der Waals surface area contributed by atoms with Crippen molar-refractivity contribution in [1.29, 1.82) is 0 Å². The van der Waals surface area contributed by atoms with Crippen LogP contribution in [0.15, 0.2) is 12.1 Å². The molecule has 0 aromatic carbocycles. The van der Waals surface area contributed by atoms with Gasteiger partial charge in [0.1, 0.15) is 0 Å². The second kappa shape index (κ2) is 5.25. The van der Waals surface area contributed by atoms with Crippen LogP contribution >= 0.6 is 22.9 Å². The van der Waals surface area contributed by atoms with Crippen LogP contribution in [0.25, 0.3) is 0 Å². The third kappa shape index (κ3) is 3.62. The molecule has 4 nitrogen and oxygen atoms in total. The largest absolute Gasteiger partial charge is 0.480 e. The molecule has 1 aromatic heterocycles. The monoisotopic (exact) mass is 247 g/mol. The summed E-state index contributed by atoms with van der Waals surface area (Å²) < 4.78 is 0.545. The van der Waals surface area contributed by atoms with Crippen molar-refractivity contribution >= 4 is 34.7 Å². The van der Waals surface area contributed by atoms with Gasteiger partial charge in [-0.1, -0.05) is 11.6 Å². The third-order valence-electron chi connectivity index (χ3n) is 1.77. The van der Waals surface area contributed by atoms with E-state index in [1.54, 1.807) is 19.1 Å². The smallest absolute Gasteiger partial charge is 0.317 e. The Balaban J connectivity index is 2.57. The van der Waals surface area contributed by atoms with Gasteiger partial charge >= 0.3 is 5.97 Å². The molecule has 0 saturated heterocycles. The summed E-state index contributed by atoms with van der Waals surface area (Å²) in [5.74, 6) is -1.13. The predicted molar refractivity (Wildman–Crippen MR) is 58.8 cm³/mol. The normalized spacial score (nSPS) is 12.4. The minimum absolute atomic E-state index is 0.145. The number of ketones is 1. The van der Waals surface area contributed by atoms with Crippen molar-refractivity contribution in [3.8, 4) is 0 Å². The number of rotatable bonds is 5. The van der Waals surface area contributed by atoms with Gasteiger partial charge in [-0.05, 0) is 19.1 Å². The van der Waals surface area contributed by atoms with Gasteiger partial charge in [0.05, 0.1) is 21.8 Å². The Morgan fingerprint density at radius 1 is 1.60 bits per heavy atom. The van der Waals surface area contributed by atoms with Crippen molar-refractivity contribution in [3.63, 3.8) is 0 Å². The van der Waals surface area contributed by atoms with E-state index >= 15 is 0 Å². The molecule has 15 heavy (non-hydrogen) atoms. The molecule has 6 heteroatoms. The van der Waals surface area contributed by atoms with Crippen LogP contribution < -0.4 is 5.32 Å². The average molecular weight is 248 g/mol. The van der Waals surface area contributed by atoms with E-state index in [1.807, 2.05) is 0 Å². The molecular formula is C9H10ClNO3S. The van der Waals surface area contributed by atoms with Gasteiger partial charge in [-0.2, -0.15) is 0 Å². The molecule has 0 radical (unpaired) electrons. The molecule has 0 aliphatic heterocycles. The summed E-state index contributed by atoms with van der Waals surface area (Å²) in [6.07, 6.45) is 0. The van der Waals surface area contributed by atoms with Gasteiger partial charge in [-0.25, -0.2) is 0 Å². The molecule has 82 valence electrons. The summed E-state index contributed by atoms with van der Waals surface area (Å²) in [7, 11) is 0. The highest BCUT2D eigenvalue weighted by Crippen LogP contribution is 2.22. The van der Waals surface area contributed by atoms with Gasteiger partial charge in [0.15, 0.2) is 5.78 Å².